The second kappa shape index (κ2) is 15.1. The zero-order valence-corrected chi connectivity index (χ0v) is 34.5. The van der Waals surface area contributed by atoms with Crippen LogP contribution in [0.5, 0.6) is 5.75 Å². The second-order valence-corrected chi connectivity index (χ2v) is 16.6. The van der Waals surface area contributed by atoms with Crippen LogP contribution in [0.3, 0.4) is 0 Å². The van der Waals surface area contributed by atoms with E-state index < -0.39 is 104 Å². The Hall–Kier alpha value is -7.24. The quantitative estimate of drug-likeness (QED) is 0.128. The summed E-state index contributed by atoms with van der Waals surface area (Å²) in [5.74, 6) is -14.1. The number of hydrogen-bond acceptors (Lipinski definition) is 4. The molecule has 0 saturated carbocycles. The minimum absolute atomic E-state index is 0.162. The molecule has 346 valence electrons. The normalized spacial score (nSPS) is 21.7. The minimum atomic E-state index is -5.70. The number of furan rings is 1. The highest BCUT2D eigenvalue weighted by Gasteiger charge is 2.57. The molecule has 18 heteroatoms. The van der Waals surface area contributed by atoms with Crippen LogP contribution in [-0.2, 0) is 11.7 Å². The number of aromatic nitrogens is 1. The molecule has 2 aromatic heterocycles. The summed E-state index contributed by atoms with van der Waals surface area (Å²) in [6.45, 7) is 2.06. The van der Waals surface area contributed by atoms with Crippen molar-refractivity contribution in [3.63, 3.8) is 0 Å². The molecule has 4 atom stereocenters. The number of alkyl halides is 8. The van der Waals surface area contributed by atoms with Gasteiger partial charge in [-0.25, -0.2) is 35.1 Å². The lowest BCUT2D eigenvalue weighted by molar-refractivity contribution is -0.143. The number of allylic oxidation sites excluding steroid dienone is 5. The molecule has 0 bridgehead atoms. The van der Waals surface area contributed by atoms with E-state index in [0.29, 0.717) is 29.2 Å². The maximum atomic E-state index is 15.8. The van der Waals surface area contributed by atoms with E-state index in [0.717, 1.165) is 29.3 Å². The number of fused-ring (bicyclic) bond motifs is 6. The van der Waals surface area contributed by atoms with E-state index in [4.69, 9.17) is 9.15 Å². The van der Waals surface area contributed by atoms with Gasteiger partial charge in [0.2, 0.25) is 0 Å². The van der Waals surface area contributed by atoms with Crippen molar-refractivity contribution < 1.29 is 70.6 Å². The molecule has 0 N–H and O–H groups in total. The Labute approximate surface area is 374 Å². The number of pyridine rings is 1. The Balaban J connectivity index is 0.913. The van der Waals surface area contributed by atoms with Crippen LogP contribution >= 0.6 is 0 Å². The molecular weight excluding hydrogens is 927 g/mol. The molecule has 4 unspecified atom stereocenters. The molecule has 5 aromatic carbocycles. The first-order valence-corrected chi connectivity index (χ1v) is 20.3. The third-order valence-electron chi connectivity index (χ3n) is 12.6. The minimum Gasteiger partial charge on any atom is -0.482 e. The van der Waals surface area contributed by atoms with Crippen molar-refractivity contribution in [3.05, 3.63) is 166 Å². The summed E-state index contributed by atoms with van der Waals surface area (Å²) in [6.07, 6.45) is -11.1. The Bertz CT molecular complexity index is 3390. The van der Waals surface area contributed by atoms with E-state index in [9.17, 15) is 43.9 Å². The standard InChI is InChI=1S/C50H26F14N2O2/c1-47(58)34(39(53)42(56)36(45(47)57)50(62,63)64)26-12-13-31-29(19-26)43-44(67-31)27(15-17-65-43)23-7-3-21(4-8-23)22-5-9-24(10-6-22)28-16-18-66-48(2)30-20-25(11-14-32(30)68-46(28)48)33-37(51)40(54)35(49(59,60)61)41(55)38(33)52/h3-20,45-46H,1-2H3. The summed E-state index contributed by atoms with van der Waals surface area (Å²) >= 11 is 0. The van der Waals surface area contributed by atoms with Gasteiger partial charge in [0.25, 0.3) is 0 Å². The largest absolute Gasteiger partial charge is 0.482 e. The van der Waals surface area contributed by atoms with Crippen LogP contribution < -0.4 is 4.74 Å². The predicted octanol–water partition coefficient (Wildman–Crippen LogP) is 15.2. The van der Waals surface area contributed by atoms with Crippen LogP contribution in [0.25, 0.3) is 66.6 Å². The molecule has 3 aliphatic rings. The average Bonchev–Trinajstić information content (AvgIpc) is 3.81. The van der Waals surface area contributed by atoms with Gasteiger partial charge in [-0.3, -0.25) is 9.98 Å². The van der Waals surface area contributed by atoms with E-state index in [1.807, 2.05) is 36.4 Å². The van der Waals surface area contributed by atoms with Gasteiger partial charge in [0.1, 0.15) is 33.5 Å². The molecule has 4 nitrogen and oxygen atoms in total. The fraction of sp³-hybridized carbons (Fsp3) is 0.160. The van der Waals surface area contributed by atoms with Gasteiger partial charge in [-0.1, -0.05) is 60.7 Å². The van der Waals surface area contributed by atoms with Gasteiger partial charge in [0, 0.05) is 40.1 Å². The number of benzene rings is 5. The first-order chi connectivity index (χ1) is 32.0. The van der Waals surface area contributed by atoms with Gasteiger partial charge < -0.3 is 9.15 Å². The van der Waals surface area contributed by atoms with E-state index in [2.05, 4.69) is 9.98 Å². The van der Waals surface area contributed by atoms with Crippen molar-refractivity contribution in [1.82, 2.24) is 4.98 Å². The molecule has 1 aliphatic carbocycles. The van der Waals surface area contributed by atoms with Crippen LogP contribution in [0.4, 0.5) is 61.5 Å². The van der Waals surface area contributed by atoms with Crippen molar-refractivity contribution in [3.8, 4) is 39.1 Å². The maximum Gasteiger partial charge on any atom is 0.422 e. The zero-order chi connectivity index (χ0) is 48.6. The fourth-order valence-corrected chi connectivity index (χ4v) is 9.18. The molecular formula is C50H26F14N2O2. The van der Waals surface area contributed by atoms with Crippen LogP contribution in [0.2, 0.25) is 0 Å². The number of halogens is 14. The first kappa shape index (κ1) is 44.6. The van der Waals surface area contributed by atoms with Gasteiger partial charge in [0.05, 0.1) is 5.56 Å². The summed E-state index contributed by atoms with van der Waals surface area (Å²) in [5, 5.41) is 0.169. The summed E-state index contributed by atoms with van der Waals surface area (Å²) < 4.78 is 212. The zero-order valence-electron chi connectivity index (χ0n) is 34.5. The average molecular weight is 953 g/mol. The van der Waals surface area contributed by atoms with Crippen molar-refractivity contribution >= 4 is 39.4 Å². The Kier molecular flexibility index (Phi) is 9.92. The number of aliphatic imine (C=N–C) groups is 1. The van der Waals surface area contributed by atoms with Gasteiger partial charge in [0.15, 0.2) is 58.5 Å². The summed E-state index contributed by atoms with van der Waals surface area (Å²) in [6, 6.07) is 23.2. The molecule has 68 heavy (non-hydrogen) atoms. The number of ether oxygens (including phenoxy) is 1. The van der Waals surface area contributed by atoms with Crippen LogP contribution in [-0.4, -0.2) is 35.3 Å². The van der Waals surface area contributed by atoms with Crippen molar-refractivity contribution in [2.45, 2.75) is 49.7 Å². The number of hydrogen-bond donors (Lipinski definition) is 0. The van der Waals surface area contributed by atoms with E-state index in [-0.39, 0.29) is 33.4 Å². The number of nitrogens with zero attached hydrogens (tertiary/aromatic N) is 2. The Morgan fingerprint density at radius 2 is 1.22 bits per heavy atom. The van der Waals surface area contributed by atoms with Gasteiger partial charge in [-0.15, -0.1) is 0 Å². The van der Waals surface area contributed by atoms with Gasteiger partial charge >= 0.3 is 12.4 Å². The van der Waals surface area contributed by atoms with Crippen molar-refractivity contribution in [2.24, 2.45) is 4.99 Å². The lowest BCUT2D eigenvalue weighted by atomic mass is 9.79. The molecule has 0 fully saturated rings. The van der Waals surface area contributed by atoms with Crippen molar-refractivity contribution in [1.29, 1.82) is 0 Å². The lowest BCUT2D eigenvalue weighted by Gasteiger charge is -2.34. The molecule has 10 rings (SSSR count). The first-order valence-electron chi connectivity index (χ1n) is 20.3. The third kappa shape index (κ3) is 6.64. The topological polar surface area (TPSA) is 47.6 Å². The number of dihydropyridines is 1. The molecule has 2 aliphatic heterocycles. The van der Waals surface area contributed by atoms with Gasteiger partial charge in [-0.2, -0.15) is 26.3 Å². The summed E-state index contributed by atoms with van der Waals surface area (Å²) in [5.41, 5.74) is -8.64. The van der Waals surface area contributed by atoms with E-state index >= 15 is 17.6 Å². The fourth-order valence-electron chi connectivity index (χ4n) is 9.18. The molecule has 0 saturated heterocycles. The van der Waals surface area contributed by atoms with Crippen LogP contribution in [0, 0.1) is 23.3 Å². The highest BCUT2D eigenvalue weighted by atomic mass is 19.4. The monoisotopic (exact) mass is 952 g/mol. The summed E-state index contributed by atoms with van der Waals surface area (Å²) in [4.78, 5) is 8.92. The summed E-state index contributed by atoms with van der Waals surface area (Å²) in [7, 11) is 0. The van der Waals surface area contributed by atoms with E-state index in [1.54, 1.807) is 31.2 Å². The van der Waals surface area contributed by atoms with Crippen LogP contribution in [0.1, 0.15) is 36.1 Å². The lowest BCUT2D eigenvalue weighted by Crippen LogP contribution is -2.42. The predicted molar refractivity (Wildman–Crippen MR) is 224 cm³/mol. The highest BCUT2D eigenvalue weighted by Crippen LogP contribution is 2.54. The molecule has 4 heterocycles. The molecule has 0 amide bonds. The SMILES string of the molecule is CC1(F)C(c2ccc3oc4c(-c5ccc(-c6ccc(C7=CC=NC8(C)c9cc(-c%10c(F)c(F)c(C(F)(F)F)c(F)c%10F)ccc9OC78)cc6)cc5)ccnc4c3c2)=C(F)C(F)=C(C(F)(F)F)C1F. The van der Waals surface area contributed by atoms with E-state index in [1.165, 1.54) is 30.6 Å². The van der Waals surface area contributed by atoms with Crippen LogP contribution in [0.15, 0.2) is 130 Å². The maximum absolute atomic E-state index is 15.8. The third-order valence-corrected chi connectivity index (χ3v) is 12.6. The smallest absolute Gasteiger partial charge is 0.422 e. The second-order valence-electron chi connectivity index (χ2n) is 16.6. The molecule has 7 aromatic rings. The Morgan fingerprint density at radius 3 is 1.84 bits per heavy atom. The van der Waals surface area contributed by atoms with Gasteiger partial charge in [-0.05, 0) is 83.6 Å². The number of rotatable bonds is 5. The highest BCUT2D eigenvalue weighted by molar-refractivity contribution is 6.08. The molecule has 0 spiro atoms. The molecule has 0 radical (unpaired) electrons. The Morgan fingerprint density at radius 1 is 0.632 bits per heavy atom. The van der Waals surface area contributed by atoms with Crippen molar-refractivity contribution in [2.75, 3.05) is 0 Å².